The molecule has 1 aliphatic heterocycles. The molecule has 7 nitrogen and oxygen atoms in total. The number of ether oxygens (including phenoxy) is 2. The largest absolute Gasteiger partial charge is 0.484 e. The van der Waals surface area contributed by atoms with Crippen LogP contribution in [0.1, 0.15) is 36.5 Å². The van der Waals surface area contributed by atoms with Gasteiger partial charge in [-0.2, -0.15) is 0 Å². The van der Waals surface area contributed by atoms with Gasteiger partial charge < -0.3 is 14.4 Å². The molecule has 2 fully saturated rings. The van der Waals surface area contributed by atoms with Gasteiger partial charge in [0.15, 0.2) is 16.4 Å². The second-order valence-electron chi connectivity index (χ2n) is 6.62. The van der Waals surface area contributed by atoms with Crippen molar-refractivity contribution < 1.29 is 27.5 Å². The first kappa shape index (κ1) is 18.7. The molecule has 1 atom stereocenters. The molecule has 1 saturated carbocycles. The van der Waals surface area contributed by atoms with Crippen molar-refractivity contribution in [2.75, 3.05) is 24.7 Å². The van der Waals surface area contributed by atoms with Crippen LogP contribution in [0.5, 0.6) is 5.75 Å². The minimum atomic E-state index is -3.04. The van der Waals surface area contributed by atoms with Crippen molar-refractivity contribution in [3.8, 4) is 5.75 Å². The van der Waals surface area contributed by atoms with Gasteiger partial charge in [0.25, 0.3) is 5.91 Å². The van der Waals surface area contributed by atoms with Crippen molar-refractivity contribution in [3.05, 3.63) is 29.8 Å². The van der Waals surface area contributed by atoms with E-state index in [-0.39, 0.29) is 36.1 Å². The summed E-state index contributed by atoms with van der Waals surface area (Å²) in [6, 6.07) is 6.28. The van der Waals surface area contributed by atoms with Crippen molar-refractivity contribution in [1.82, 2.24) is 4.90 Å². The van der Waals surface area contributed by atoms with Crippen molar-refractivity contribution in [3.63, 3.8) is 0 Å². The molecule has 1 saturated heterocycles. The van der Waals surface area contributed by atoms with Gasteiger partial charge in [-0.3, -0.25) is 4.79 Å². The van der Waals surface area contributed by atoms with Gasteiger partial charge in [-0.25, -0.2) is 13.2 Å². The SMILES string of the molecule is CCOC(=O)c1ccc(OCC(=O)N(C2CC2)[C@@H]2CCS(=O)(=O)C2)cc1. The van der Waals surface area contributed by atoms with Crippen LogP contribution in [0.2, 0.25) is 0 Å². The molecule has 142 valence electrons. The van der Waals surface area contributed by atoms with Crippen LogP contribution in [0.3, 0.4) is 0 Å². The van der Waals surface area contributed by atoms with E-state index in [1.807, 2.05) is 0 Å². The van der Waals surface area contributed by atoms with E-state index in [0.29, 0.717) is 24.3 Å². The maximum Gasteiger partial charge on any atom is 0.338 e. The number of nitrogens with zero attached hydrogens (tertiary/aromatic N) is 1. The molecular weight excluding hydrogens is 358 g/mol. The van der Waals surface area contributed by atoms with E-state index in [2.05, 4.69) is 0 Å². The molecule has 1 aromatic rings. The molecule has 1 aliphatic carbocycles. The Morgan fingerprint density at radius 2 is 1.81 bits per heavy atom. The summed E-state index contributed by atoms with van der Waals surface area (Å²) in [4.78, 5) is 25.9. The summed E-state index contributed by atoms with van der Waals surface area (Å²) in [6.07, 6.45) is 2.33. The molecule has 0 spiro atoms. The van der Waals surface area contributed by atoms with Gasteiger partial charge in [-0.05, 0) is 50.5 Å². The van der Waals surface area contributed by atoms with E-state index in [9.17, 15) is 18.0 Å². The predicted molar refractivity (Wildman–Crippen MR) is 94.8 cm³/mol. The Labute approximate surface area is 153 Å². The molecule has 0 N–H and O–H groups in total. The van der Waals surface area contributed by atoms with Gasteiger partial charge in [0, 0.05) is 12.1 Å². The third-order valence-electron chi connectivity index (χ3n) is 4.56. The molecule has 1 heterocycles. The molecular formula is C18H23NO6S. The van der Waals surface area contributed by atoms with Crippen LogP contribution in [-0.2, 0) is 19.4 Å². The second-order valence-corrected chi connectivity index (χ2v) is 8.85. The molecule has 3 rings (SSSR count). The van der Waals surface area contributed by atoms with Crippen LogP contribution in [0.15, 0.2) is 24.3 Å². The third kappa shape index (κ3) is 4.55. The normalized spacial score (nSPS) is 21.2. The van der Waals surface area contributed by atoms with Crippen LogP contribution in [0.4, 0.5) is 0 Å². The summed E-state index contributed by atoms with van der Waals surface area (Å²) in [5, 5.41) is 0. The number of sulfone groups is 1. The van der Waals surface area contributed by atoms with E-state index in [0.717, 1.165) is 12.8 Å². The minimum Gasteiger partial charge on any atom is -0.484 e. The lowest BCUT2D eigenvalue weighted by Gasteiger charge is -2.28. The average molecular weight is 381 g/mol. The average Bonchev–Trinajstić information content (AvgIpc) is 3.37. The fourth-order valence-corrected chi connectivity index (χ4v) is 4.89. The summed E-state index contributed by atoms with van der Waals surface area (Å²) in [7, 11) is -3.04. The van der Waals surface area contributed by atoms with Gasteiger partial charge in [0.05, 0.1) is 23.7 Å². The Kier molecular flexibility index (Phi) is 5.50. The number of rotatable bonds is 7. The highest BCUT2D eigenvalue weighted by Crippen LogP contribution is 2.32. The number of carbonyl (C=O) groups excluding carboxylic acids is 2. The van der Waals surface area contributed by atoms with E-state index in [1.165, 1.54) is 0 Å². The van der Waals surface area contributed by atoms with E-state index < -0.39 is 15.8 Å². The van der Waals surface area contributed by atoms with Crippen molar-refractivity contribution in [1.29, 1.82) is 0 Å². The highest BCUT2D eigenvalue weighted by Gasteiger charge is 2.42. The van der Waals surface area contributed by atoms with E-state index in [1.54, 1.807) is 36.1 Å². The number of esters is 1. The Bertz CT molecular complexity index is 769. The number of amides is 1. The maximum absolute atomic E-state index is 12.6. The Hall–Kier alpha value is -2.09. The molecule has 1 aromatic carbocycles. The van der Waals surface area contributed by atoms with Gasteiger partial charge >= 0.3 is 5.97 Å². The molecule has 2 aliphatic rings. The highest BCUT2D eigenvalue weighted by atomic mass is 32.2. The Balaban J connectivity index is 1.58. The first-order valence-electron chi connectivity index (χ1n) is 8.81. The van der Waals surface area contributed by atoms with Gasteiger partial charge in [-0.1, -0.05) is 0 Å². The number of carbonyl (C=O) groups is 2. The Morgan fingerprint density at radius 1 is 1.12 bits per heavy atom. The molecule has 1 amide bonds. The summed E-state index contributed by atoms with van der Waals surface area (Å²) < 4.78 is 33.9. The zero-order valence-corrected chi connectivity index (χ0v) is 15.5. The van der Waals surface area contributed by atoms with Crippen LogP contribution in [-0.4, -0.2) is 62.0 Å². The summed E-state index contributed by atoms with van der Waals surface area (Å²) in [5.41, 5.74) is 0.418. The zero-order chi connectivity index (χ0) is 18.7. The quantitative estimate of drug-likeness (QED) is 0.664. The lowest BCUT2D eigenvalue weighted by Crippen LogP contribution is -2.45. The molecule has 26 heavy (non-hydrogen) atoms. The van der Waals surface area contributed by atoms with Gasteiger partial charge in [0.2, 0.25) is 0 Å². The smallest absolute Gasteiger partial charge is 0.338 e. The first-order chi connectivity index (χ1) is 12.4. The Morgan fingerprint density at radius 3 is 2.35 bits per heavy atom. The third-order valence-corrected chi connectivity index (χ3v) is 6.31. The number of benzene rings is 1. The number of hydrogen-bond donors (Lipinski definition) is 0. The fraction of sp³-hybridized carbons (Fsp3) is 0.556. The van der Waals surface area contributed by atoms with Crippen molar-refractivity contribution in [2.45, 2.75) is 38.3 Å². The monoisotopic (exact) mass is 381 g/mol. The lowest BCUT2D eigenvalue weighted by atomic mass is 10.2. The van der Waals surface area contributed by atoms with Crippen LogP contribution >= 0.6 is 0 Å². The predicted octanol–water partition coefficient (Wildman–Crippen LogP) is 1.42. The summed E-state index contributed by atoms with van der Waals surface area (Å²) in [5.74, 6) is 0.0658. The summed E-state index contributed by atoms with van der Waals surface area (Å²) >= 11 is 0. The molecule has 0 bridgehead atoms. The lowest BCUT2D eigenvalue weighted by molar-refractivity contribution is -0.135. The van der Waals surface area contributed by atoms with Crippen LogP contribution in [0, 0.1) is 0 Å². The topological polar surface area (TPSA) is 90.0 Å². The highest BCUT2D eigenvalue weighted by molar-refractivity contribution is 7.91. The molecule has 0 unspecified atom stereocenters. The second kappa shape index (κ2) is 7.65. The van der Waals surface area contributed by atoms with Gasteiger partial charge in [0.1, 0.15) is 5.75 Å². The molecule has 0 aromatic heterocycles. The summed E-state index contributed by atoms with van der Waals surface area (Å²) in [6.45, 7) is 1.90. The maximum atomic E-state index is 12.6. The van der Waals surface area contributed by atoms with Crippen molar-refractivity contribution in [2.24, 2.45) is 0 Å². The molecule has 0 radical (unpaired) electrons. The van der Waals surface area contributed by atoms with Crippen LogP contribution < -0.4 is 4.74 Å². The van der Waals surface area contributed by atoms with Crippen LogP contribution in [0.25, 0.3) is 0 Å². The first-order valence-corrected chi connectivity index (χ1v) is 10.6. The van der Waals surface area contributed by atoms with E-state index >= 15 is 0 Å². The minimum absolute atomic E-state index is 0.0451. The van der Waals surface area contributed by atoms with E-state index in [4.69, 9.17) is 9.47 Å². The molecule has 8 heteroatoms. The number of hydrogen-bond acceptors (Lipinski definition) is 6. The van der Waals surface area contributed by atoms with Gasteiger partial charge in [-0.15, -0.1) is 0 Å². The standard InChI is InChI=1S/C18H23NO6S/c1-2-24-18(21)13-3-7-16(8-4-13)25-11-17(20)19(14-5-6-14)15-9-10-26(22,23)12-15/h3-4,7-8,14-15H,2,5-6,9-12H2,1H3/t15-/m1/s1. The fourth-order valence-electron chi connectivity index (χ4n) is 3.17. The van der Waals surface area contributed by atoms with Crippen molar-refractivity contribution >= 4 is 21.7 Å². The zero-order valence-electron chi connectivity index (χ0n) is 14.7.